The quantitative estimate of drug-likeness (QED) is 0.437. The molecule has 134 valence electrons. The van der Waals surface area contributed by atoms with E-state index in [0.717, 1.165) is 18.0 Å². The van der Waals surface area contributed by atoms with Crippen LogP contribution in [0.1, 0.15) is 16.7 Å². The van der Waals surface area contributed by atoms with Crippen LogP contribution in [0.25, 0.3) is 10.8 Å². The molecule has 2 nitrogen and oxygen atoms in total. The lowest BCUT2D eigenvalue weighted by Crippen LogP contribution is -2.01. The molecule has 0 atom stereocenters. The predicted octanol–water partition coefficient (Wildman–Crippen LogP) is 6.34. The molecule has 4 aromatic carbocycles. The second-order valence-corrected chi connectivity index (χ2v) is 6.74. The summed E-state index contributed by atoms with van der Waals surface area (Å²) < 4.78 is 6.01. The highest BCUT2D eigenvalue weighted by Crippen LogP contribution is 2.24. The molecule has 0 saturated heterocycles. The Morgan fingerprint density at radius 3 is 2.48 bits per heavy atom. The molecule has 4 aromatic rings. The second kappa shape index (κ2) is 7.96. The van der Waals surface area contributed by atoms with Crippen LogP contribution in [0.15, 0.2) is 91.0 Å². The Kier molecular flexibility index (Phi) is 5.06. The Labute approximate surface area is 160 Å². The van der Waals surface area contributed by atoms with E-state index in [9.17, 15) is 0 Å². The number of nitrogens with one attached hydrogen (secondary N) is 1. The zero-order valence-corrected chi connectivity index (χ0v) is 15.5. The van der Waals surface area contributed by atoms with Crippen LogP contribution in [0.4, 0.5) is 5.69 Å². The average molecular weight is 353 g/mol. The topological polar surface area (TPSA) is 21.3 Å². The van der Waals surface area contributed by atoms with Gasteiger partial charge in [-0.25, -0.2) is 0 Å². The van der Waals surface area contributed by atoms with Crippen LogP contribution < -0.4 is 10.1 Å². The third-order valence-electron chi connectivity index (χ3n) is 4.83. The molecule has 0 aliphatic carbocycles. The van der Waals surface area contributed by atoms with Gasteiger partial charge >= 0.3 is 0 Å². The van der Waals surface area contributed by atoms with E-state index in [1.807, 2.05) is 12.1 Å². The van der Waals surface area contributed by atoms with E-state index in [1.165, 1.54) is 27.5 Å². The van der Waals surface area contributed by atoms with Crippen LogP contribution >= 0.6 is 0 Å². The van der Waals surface area contributed by atoms with Crippen molar-refractivity contribution in [1.82, 2.24) is 0 Å². The van der Waals surface area contributed by atoms with Crippen LogP contribution in [-0.4, -0.2) is 0 Å². The van der Waals surface area contributed by atoms with Crippen molar-refractivity contribution in [2.45, 2.75) is 20.1 Å². The van der Waals surface area contributed by atoms with E-state index in [-0.39, 0.29) is 0 Å². The van der Waals surface area contributed by atoms with Gasteiger partial charge in [-0.3, -0.25) is 0 Å². The third kappa shape index (κ3) is 4.12. The molecule has 27 heavy (non-hydrogen) atoms. The molecular weight excluding hydrogens is 330 g/mol. The number of hydrogen-bond acceptors (Lipinski definition) is 2. The number of ether oxygens (including phenoxy) is 1. The first-order valence-corrected chi connectivity index (χ1v) is 9.27. The second-order valence-electron chi connectivity index (χ2n) is 6.74. The van der Waals surface area contributed by atoms with Crippen LogP contribution in [0.2, 0.25) is 0 Å². The van der Waals surface area contributed by atoms with Gasteiger partial charge in [0.05, 0.1) is 0 Å². The van der Waals surface area contributed by atoms with E-state index >= 15 is 0 Å². The SMILES string of the molecule is Cc1ccccc1COc1cccc(CNc2cccc3ccccc23)c1. The Bertz CT molecular complexity index is 1050. The summed E-state index contributed by atoms with van der Waals surface area (Å²) in [5, 5.41) is 6.05. The average Bonchev–Trinajstić information content (AvgIpc) is 2.72. The van der Waals surface area contributed by atoms with E-state index in [2.05, 4.69) is 91.1 Å². The zero-order valence-electron chi connectivity index (χ0n) is 15.5. The smallest absolute Gasteiger partial charge is 0.120 e. The number of rotatable bonds is 6. The first-order chi connectivity index (χ1) is 13.3. The molecule has 2 heteroatoms. The van der Waals surface area contributed by atoms with Crippen molar-refractivity contribution in [2.24, 2.45) is 0 Å². The van der Waals surface area contributed by atoms with Gasteiger partial charge < -0.3 is 10.1 Å². The fourth-order valence-electron chi connectivity index (χ4n) is 3.26. The van der Waals surface area contributed by atoms with E-state index in [1.54, 1.807) is 0 Å². The van der Waals surface area contributed by atoms with Crippen molar-refractivity contribution in [3.8, 4) is 5.75 Å². The molecule has 0 spiro atoms. The molecule has 0 bridgehead atoms. The third-order valence-corrected chi connectivity index (χ3v) is 4.83. The highest BCUT2D eigenvalue weighted by atomic mass is 16.5. The van der Waals surface area contributed by atoms with Crippen molar-refractivity contribution in [3.63, 3.8) is 0 Å². The molecular formula is C25H23NO. The lowest BCUT2D eigenvalue weighted by molar-refractivity contribution is 0.305. The maximum absolute atomic E-state index is 6.01. The molecule has 0 aliphatic rings. The number of anilines is 1. The molecule has 4 rings (SSSR count). The first-order valence-electron chi connectivity index (χ1n) is 9.27. The van der Waals surface area contributed by atoms with E-state index in [0.29, 0.717) is 6.61 Å². The highest BCUT2D eigenvalue weighted by molar-refractivity contribution is 5.93. The summed E-state index contributed by atoms with van der Waals surface area (Å²) in [7, 11) is 0. The summed E-state index contributed by atoms with van der Waals surface area (Å²) in [4.78, 5) is 0. The van der Waals surface area contributed by atoms with Gasteiger partial charge in [0.15, 0.2) is 0 Å². The molecule has 0 fully saturated rings. The minimum absolute atomic E-state index is 0.590. The fourth-order valence-corrected chi connectivity index (χ4v) is 3.26. The summed E-state index contributed by atoms with van der Waals surface area (Å²) in [6.07, 6.45) is 0. The predicted molar refractivity (Wildman–Crippen MR) is 113 cm³/mol. The van der Waals surface area contributed by atoms with Gasteiger partial charge in [0.1, 0.15) is 12.4 Å². The van der Waals surface area contributed by atoms with Crippen molar-refractivity contribution < 1.29 is 4.74 Å². The zero-order chi connectivity index (χ0) is 18.5. The van der Waals surface area contributed by atoms with Crippen LogP contribution in [0.5, 0.6) is 5.75 Å². The Hall–Kier alpha value is -3.26. The van der Waals surface area contributed by atoms with Gasteiger partial charge in [-0.05, 0) is 47.2 Å². The summed E-state index contributed by atoms with van der Waals surface area (Å²) in [6, 6.07) is 31.4. The Morgan fingerprint density at radius 2 is 1.56 bits per heavy atom. The number of hydrogen-bond donors (Lipinski definition) is 1. The van der Waals surface area contributed by atoms with Gasteiger partial charge in [0.2, 0.25) is 0 Å². The highest BCUT2D eigenvalue weighted by Gasteiger charge is 2.03. The summed E-state index contributed by atoms with van der Waals surface area (Å²) in [5.41, 5.74) is 4.83. The molecule has 0 heterocycles. The van der Waals surface area contributed by atoms with Gasteiger partial charge in [-0.2, -0.15) is 0 Å². The van der Waals surface area contributed by atoms with Gasteiger partial charge in [0, 0.05) is 17.6 Å². The minimum atomic E-state index is 0.590. The van der Waals surface area contributed by atoms with Crippen LogP contribution in [0.3, 0.4) is 0 Å². The molecule has 0 saturated carbocycles. The molecule has 0 unspecified atom stereocenters. The van der Waals surface area contributed by atoms with E-state index in [4.69, 9.17) is 4.74 Å². The van der Waals surface area contributed by atoms with Crippen molar-refractivity contribution >= 4 is 16.5 Å². The Morgan fingerprint density at radius 1 is 0.778 bits per heavy atom. The molecule has 1 N–H and O–H groups in total. The Balaban J connectivity index is 1.44. The standard InChI is InChI=1S/C25H23NO/c1-19-8-2-3-11-22(19)18-27-23-13-6-9-20(16-23)17-26-25-15-7-12-21-10-4-5-14-24(21)25/h2-16,26H,17-18H2,1H3. The summed E-state index contributed by atoms with van der Waals surface area (Å²) in [6.45, 7) is 3.46. The van der Waals surface area contributed by atoms with Gasteiger partial charge in [0.25, 0.3) is 0 Å². The normalized spacial score (nSPS) is 10.7. The summed E-state index contributed by atoms with van der Waals surface area (Å²) >= 11 is 0. The minimum Gasteiger partial charge on any atom is -0.489 e. The number of fused-ring (bicyclic) bond motifs is 1. The van der Waals surface area contributed by atoms with Gasteiger partial charge in [-0.1, -0.05) is 72.8 Å². The van der Waals surface area contributed by atoms with Crippen molar-refractivity contribution in [1.29, 1.82) is 0 Å². The van der Waals surface area contributed by atoms with Gasteiger partial charge in [-0.15, -0.1) is 0 Å². The number of aryl methyl sites for hydroxylation is 1. The maximum Gasteiger partial charge on any atom is 0.120 e. The fraction of sp³-hybridized carbons (Fsp3) is 0.120. The molecule has 0 amide bonds. The first kappa shape index (κ1) is 17.2. The lowest BCUT2D eigenvalue weighted by Gasteiger charge is -2.12. The largest absolute Gasteiger partial charge is 0.489 e. The van der Waals surface area contributed by atoms with Crippen molar-refractivity contribution in [2.75, 3.05) is 5.32 Å². The van der Waals surface area contributed by atoms with Crippen molar-refractivity contribution in [3.05, 3.63) is 108 Å². The monoisotopic (exact) mass is 353 g/mol. The molecule has 0 radical (unpaired) electrons. The summed E-state index contributed by atoms with van der Waals surface area (Å²) in [5.74, 6) is 0.899. The maximum atomic E-state index is 6.01. The molecule has 0 aromatic heterocycles. The molecule has 0 aliphatic heterocycles. The van der Waals surface area contributed by atoms with Crippen LogP contribution in [-0.2, 0) is 13.2 Å². The van der Waals surface area contributed by atoms with Crippen LogP contribution in [0, 0.1) is 6.92 Å². The van der Waals surface area contributed by atoms with E-state index < -0.39 is 0 Å². The number of benzene rings is 4. The lowest BCUT2D eigenvalue weighted by atomic mass is 10.1.